The normalized spacial score (nSPS) is 11.0. The topological polar surface area (TPSA) is 68.9 Å². The van der Waals surface area contributed by atoms with Gasteiger partial charge in [-0.1, -0.05) is 34.8 Å². The summed E-state index contributed by atoms with van der Waals surface area (Å²) in [5.74, 6) is 1.21. The summed E-state index contributed by atoms with van der Waals surface area (Å²) in [6, 6.07) is 10.8. The smallest absolute Gasteiger partial charge is 0.186 e. The van der Waals surface area contributed by atoms with Crippen molar-refractivity contribution in [3.8, 4) is 17.2 Å². The van der Waals surface area contributed by atoms with Crippen molar-refractivity contribution >= 4 is 46.7 Å². The molecule has 2 aromatic carbocycles. The summed E-state index contributed by atoms with van der Waals surface area (Å²) in [5.41, 5.74) is 0.373. The number of aromatic hydroxyl groups is 1. The largest absolute Gasteiger partial charge is 0.504 e. The van der Waals surface area contributed by atoms with Crippen molar-refractivity contribution in [1.29, 1.82) is 0 Å². The van der Waals surface area contributed by atoms with E-state index in [1.165, 1.54) is 49.6 Å². The summed E-state index contributed by atoms with van der Waals surface area (Å²) in [6.45, 7) is 0.0953. The van der Waals surface area contributed by atoms with E-state index in [9.17, 15) is 9.90 Å². The Labute approximate surface area is 182 Å². The SMILES string of the molecule is COc1cc(C(=O)/C=C/c2ccc(COc3c(Cl)cc(Cl)cc3Cl)o2)ccc1O. The van der Waals surface area contributed by atoms with Gasteiger partial charge in [-0.2, -0.15) is 0 Å². The number of ketones is 1. The van der Waals surface area contributed by atoms with Crippen LogP contribution in [0.5, 0.6) is 17.2 Å². The molecule has 0 unspecified atom stereocenters. The summed E-state index contributed by atoms with van der Waals surface area (Å²) >= 11 is 18.0. The zero-order valence-electron chi connectivity index (χ0n) is 15.1. The molecule has 29 heavy (non-hydrogen) atoms. The van der Waals surface area contributed by atoms with Gasteiger partial charge in [0, 0.05) is 10.6 Å². The van der Waals surface area contributed by atoms with Crippen LogP contribution in [-0.2, 0) is 6.61 Å². The molecule has 0 aliphatic rings. The minimum atomic E-state index is -0.266. The first-order valence-corrected chi connectivity index (χ1v) is 9.46. The number of phenols is 1. The number of carbonyl (C=O) groups excluding carboxylic acids is 1. The molecule has 5 nitrogen and oxygen atoms in total. The molecule has 150 valence electrons. The molecule has 8 heteroatoms. The number of hydrogen-bond donors (Lipinski definition) is 1. The Morgan fingerprint density at radius 2 is 1.83 bits per heavy atom. The van der Waals surface area contributed by atoms with Crippen LogP contribution in [0.15, 0.2) is 53.0 Å². The monoisotopic (exact) mass is 452 g/mol. The van der Waals surface area contributed by atoms with Crippen molar-refractivity contribution in [2.24, 2.45) is 0 Å². The van der Waals surface area contributed by atoms with Gasteiger partial charge in [0.05, 0.1) is 17.2 Å². The van der Waals surface area contributed by atoms with Crippen LogP contribution in [0, 0.1) is 0 Å². The first kappa shape index (κ1) is 21.1. The number of allylic oxidation sites excluding steroid dienone is 1. The maximum absolute atomic E-state index is 12.3. The third-order valence-electron chi connectivity index (χ3n) is 3.87. The zero-order valence-corrected chi connectivity index (χ0v) is 17.4. The Morgan fingerprint density at radius 3 is 2.52 bits per heavy atom. The van der Waals surface area contributed by atoms with E-state index in [4.69, 9.17) is 48.7 Å². The molecule has 1 heterocycles. The molecule has 1 aromatic heterocycles. The van der Waals surface area contributed by atoms with Crippen molar-refractivity contribution in [3.63, 3.8) is 0 Å². The van der Waals surface area contributed by atoms with Crippen molar-refractivity contribution in [1.82, 2.24) is 0 Å². The molecule has 0 amide bonds. The van der Waals surface area contributed by atoms with E-state index in [0.717, 1.165) is 0 Å². The fraction of sp³-hybridized carbons (Fsp3) is 0.0952. The predicted octanol–water partition coefficient (Wildman–Crippen LogP) is 6.43. The van der Waals surface area contributed by atoms with Crippen LogP contribution in [-0.4, -0.2) is 18.0 Å². The van der Waals surface area contributed by atoms with Gasteiger partial charge in [0.2, 0.25) is 0 Å². The molecule has 0 saturated heterocycles. The van der Waals surface area contributed by atoms with Gasteiger partial charge in [0.25, 0.3) is 0 Å². The van der Waals surface area contributed by atoms with Crippen molar-refractivity contribution < 1.29 is 23.8 Å². The lowest BCUT2D eigenvalue weighted by molar-refractivity contribution is 0.104. The van der Waals surface area contributed by atoms with Crippen LogP contribution in [0.2, 0.25) is 15.1 Å². The van der Waals surface area contributed by atoms with E-state index in [2.05, 4.69) is 0 Å². The minimum Gasteiger partial charge on any atom is -0.504 e. The first-order chi connectivity index (χ1) is 13.9. The van der Waals surface area contributed by atoms with Crippen LogP contribution in [0.1, 0.15) is 21.9 Å². The Hall–Kier alpha value is -2.60. The Bertz CT molecular complexity index is 1050. The lowest BCUT2D eigenvalue weighted by Crippen LogP contribution is -1.95. The van der Waals surface area contributed by atoms with Crippen LogP contribution in [0.3, 0.4) is 0 Å². The minimum absolute atomic E-state index is 0.0374. The number of halogens is 3. The number of carbonyl (C=O) groups is 1. The van der Waals surface area contributed by atoms with E-state index in [-0.39, 0.29) is 23.9 Å². The number of phenolic OH excluding ortho intramolecular Hbond substituents is 1. The summed E-state index contributed by atoms with van der Waals surface area (Å²) in [5, 5.41) is 10.6. The standard InChI is InChI=1S/C21H15Cl3O5/c1-27-20-8-12(2-6-19(20)26)18(25)7-5-14-3-4-15(29-14)11-28-21-16(23)9-13(22)10-17(21)24/h2-10,26H,11H2,1H3/b7-5+. The number of benzene rings is 2. The Morgan fingerprint density at radius 1 is 1.10 bits per heavy atom. The molecule has 0 saturated carbocycles. The van der Waals surface area contributed by atoms with E-state index >= 15 is 0 Å². The maximum atomic E-state index is 12.3. The molecule has 0 aliphatic heterocycles. The third-order valence-corrected chi connectivity index (χ3v) is 4.65. The third kappa shape index (κ3) is 5.26. The van der Waals surface area contributed by atoms with Crippen molar-refractivity contribution in [2.45, 2.75) is 6.61 Å². The van der Waals surface area contributed by atoms with Gasteiger partial charge in [-0.25, -0.2) is 0 Å². The first-order valence-electron chi connectivity index (χ1n) is 8.33. The van der Waals surface area contributed by atoms with Gasteiger partial charge < -0.3 is 19.0 Å². The second kappa shape index (κ2) is 9.27. The maximum Gasteiger partial charge on any atom is 0.186 e. The predicted molar refractivity (Wildman–Crippen MR) is 113 cm³/mol. The molecule has 0 aliphatic carbocycles. The molecule has 0 bridgehead atoms. The lowest BCUT2D eigenvalue weighted by atomic mass is 10.1. The number of rotatable bonds is 7. The fourth-order valence-corrected chi connectivity index (χ4v) is 3.38. The summed E-state index contributed by atoms with van der Waals surface area (Å²) < 4.78 is 16.2. The molecule has 3 rings (SSSR count). The van der Waals surface area contributed by atoms with E-state index in [1.54, 1.807) is 12.1 Å². The lowest BCUT2D eigenvalue weighted by Gasteiger charge is -2.08. The van der Waals surface area contributed by atoms with Gasteiger partial charge >= 0.3 is 0 Å². The Balaban J connectivity index is 1.65. The second-order valence-electron chi connectivity index (χ2n) is 5.88. The van der Waals surface area contributed by atoms with Gasteiger partial charge in [0.1, 0.15) is 18.1 Å². The average Bonchev–Trinajstić information content (AvgIpc) is 3.13. The van der Waals surface area contributed by atoms with E-state index in [0.29, 0.717) is 37.9 Å². The van der Waals surface area contributed by atoms with Gasteiger partial charge in [-0.05, 0) is 54.6 Å². The second-order valence-corrected chi connectivity index (χ2v) is 7.13. The van der Waals surface area contributed by atoms with Crippen LogP contribution >= 0.6 is 34.8 Å². The molecule has 1 N–H and O–H groups in total. The molecule has 3 aromatic rings. The molecule has 0 radical (unpaired) electrons. The fourth-order valence-electron chi connectivity index (χ4n) is 2.46. The highest BCUT2D eigenvalue weighted by molar-refractivity contribution is 6.40. The number of ether oxygens (including phenoxy) is 2. The average molecular weight is 454 g/mol. The van der Waals surface area contributed by atoms with E-state index < -0.39 is 0 Å². The number of hydrogen-bond acceptors (Lipinski definition) is 5. The summed E-state index contributed by atoms with van der Waals surface area (Å²) in [6.07, 6.45) is 2.90. The molecule has 0 fully saturated rings. The van der Waals surface area contributed by atoms with Gasteiger partial charge in [-0.3, -0.25) is 4.79 Å². The summed E-state index contributed by atoms with van der Waals surface area (Å²) in [7, 11) is 1.41. The molecular weight excluding hydrogens is 439 g/mol. The molecule has 0 spiro atoms. The van der Waals surface area contributed by atoms with Crippen LogP contribution in [0.4, 0.5) is 0 Å². The van der Waals surface area contributed by atoms with Gasteiger partial charge in [0.15, 0.2) is 23.0 Å². The highest BCUT2D eigenvalue weighted by Gasteiger charge is 2.11. The quantitative estimate of drug-likeness (QED) is 0.330. The summed E-state index contributed by atoms with van der Waals surface area (Å²) in [4.78, 5) is 12.3. The highest BCUT2D eigenvalue weighted by Crippen LogP contribution is 2.36. The van der Waals surface area contributed by atoms with Crippen LogP contribution < -0.4 is 9.47 Å². The van der Waals surface area contributed by atoms with Crippen LogP contribution in [0.25, 0.3) is 6.08 Å². The number of furan rings is 1. The molecular formula is C21H15Cl3O5. The van der Waals surface area contributed by atoms with Crippen molar-refractivity contribution in [2.75, 3.05) is 7.11 Å². The van der Waals surface area contributed by atoms with Crippen molar-refractivity contribution in [3.05, 3.63) is 80.7 Å². The number of methoxy groups -OCH3 is 1. The Kier molecular flexibility index (Phi) is 6.75. The zero-order chi connectivity index (χ0) is 21.0. The van der Waals surface area contributed by atoms with Gasteiger partial charge in [-0.15, -0.1) is 0 Å². The van der Waals surface area contributed by atoms with E-state index in [1.807, 2.05) is 0 Å². The molecule has 0 atom stereocenters. The highest BCUT2D eigenvalue weighted by atomic mass is 35.5.